The number of anilines is 1. The standard InChI is InChI=1S/C15H12BrN5/c16-11-8-6-10(7-9-11)13-14(15(17)21-19-13)20-18-12-4-2-1-3-5-12/h1-9H,(H3,17,19,21). The third kappa shape index (κ3) is 3.00. The van der Waals surface area contributed by atoms with Crippen LogP contribution in [0, 0.1) is 0 Å². The summed E-state index contributed by atoms with van der Waals surface area (Å²) in [5.74, 6) is 0.326. The molecule has 0 unspecified atom stereocenters. The van der Waals surface area contributed by atoms with Crippen molar-refractivity contribution in [1.29, 1.82) is 0 Å². The lowest BCUT2D eigenvalue weighted by atomic mass is 10.1. The first-order chi connectivity index (χ1) is 10.2. The van der Waals surface area contributed by atoms with Gasteiger partial charge in [0.2, 0.25) is 0 Å². The summed E-state index contributed by atoms with van der Waals surface area (Å²) in [5, 5.41) is 15.3. The van der Waals surface area contributed by atoms with E-state index in [9.17, 15) is 0 Å². The summed E-state index contributed by atoms with van der Waals surface area (Å²) < 4.78 is 1.01. The van der Waals surface area contributed by atoms with Crippen LogP contribution in [0.3, 0.4) is 0 Å². The van der Waals surface area contributed by atoms with Crippen molar-refractivity contribution in [3.8, 4) is 11.3 Å². The second-order valence-corrected chi connectivity index (χ2v) is 5.29. The number of benzene rings is 2. The van der Waals surface area contributed by atoms with Crippen molar-refractivity contribution >= 4 is 33.1 Å². The molecule has 1 aromatic heterocycles. The van der Waals surface area contributed by atoms with Crippen molar-refractivity contribution in [3.63, 3.8) is 0 Å². The maximum atomic E-state index is 5.87. The highest BCUT2D eigenvalue weighted by Crippen LogP contribution is 2.34. The predicted molar refractivity (Wildman–Crippen MR) is 86.8 cm³/mol. The smallest absolute Gasteiger partial charge is 0.173 e. The van der Waals surface area contributed by atoms with Crippen molar-refractivity contribution in [1.82, 2.24) is 10.2 Å². The van der Waals surface area contributed by atoms with E-state index in [4.69, 9.17) is 5.73 Å². The van der Waals surface area contributed by atoms with E-state index in [-0.39, 0.29) is 0 Å². The number of aromatic nitrogens is 2. The van der Waals surface area contributed by atoms with Gasteiger partial charge in [-0.05, 0) is 24.3 Å². The van der Waals surface area contributed by atoms with Crippen molar-refractivity contribution in [2.75, 3.05) is 5.73 Å². The number of halogens is 1. The molecule has 0 saturated carbocycles. The highest BCUT2D eigenvalue weighted by Gasteiger charge is 2.12. The largest absolute Gasteiger partial charge is 0.380 e. The van der Waals surface area contributed by atoms with Gasteiger partial charge in [0, 0.05) is 10.0 Å². The van der Waals surface area contributed by atoms with E-state index < -0.39 is 0 Å². The van der Waals surface area contributed by atoms with Gasteiger partial charge >= 0.3 is 0 Å². The number of aromatic amines is 1. The SMILES string of the molecule is Nc1n[nH]c(-c2ccc(Br)cc2)c1N=Nc1ccccc1. The Morgan fingerprint density at radius 3 is 2.38 bits per heavy atom. The summed E-state index contributed by atoms with van der Waals surface area (Å²) in [5.41, 5.74) is 8.87. The van der Waals surface area contributed by atoms with E-state index in [0.29, 0.717) is 11.5 Å². The van der Waals surface area contributed by atoms with Crippen LogP contribution in [0.2, 0.25) is 0 Å². The number of nitrogens with zero attached hydrogens (tertiary/aromatic N) is 3. The minimum Gasteiger partial charge on any atom is -0.380 e. The molecule has 6 heteroatoms. The Morgan fingerprint density at radius 2 is 1.67 bits per heavy atom. The lowest BCUT2D eigenvalue weighted by molar-refractivity contribution is 1.10. The first-order valence-electron chi connectivity index (χ1n) is 6.30. The summed E-state index contributed by atoms with van der Waals surface area (Å²) in [4.78, 5) is 0. The van der Waals surface area contributed by atoms with Crippen molar-refractivity contribution < 1.29 is 0 Å². The fraction of sp³-hybridized carbons (Fsp3) is 0. The second-order valence-electron chi connectivity index (χ2n) is 4.37. The number of nitrogens with one attached hydrogen (secondary N) is 1. The number of nitrogens with two attached hydrogens (primary N) is 1. The number of hydrogen-bond acceptors (Lipinski definition) is 4. The molecule has 3 rings (SSSR count). The van der Waals surface area contributed by atoms with Crippen LogP contribution in [0.5, 0.6) is 0 Å². The molecule has 0 aliphatic heterocycles. The molecule has 5 nitrogen and oxygen atoms in total. The second kappa shape index (κ2) is 5.88. The third-order valence-corrected chi connectivity index (χ3v) is 3.45. The van der Waals surface area contributed by atoms with Crippen LogP contribution in [-0.4, -0.2) is 10.2 Å². The molecule has 0 atom stereocenters. The van der Waals surface area contributed by atoms with Gasteiger partial charge in [-0.3, -0.25) is 5.10 Å². The molecule has 2 aromatic carbocycles. The van der Waals surface area contributed by atoms with Gasteiger partial charge in [-0.25, -0.2) is 0 Å². The highest BCUT2D eigenvalue weighted by molar-refractivity contribution is 9.10. The Kier molecular flexibility index (Phi) is 3.79. The van der Waals surface area contributed by atoms with Gasteiger partial charge in [0.05, 0.1) is 11.4 Å². The van der Waals surface area contributed by atoms with Crippen LogP contribution in [0.25, 0.3) is 11.3 Å². The average molecular weight is 342 g/mol. The first kappa shape index (κ1) is 13.5. The van der Waals surface area contributed by atoms with E-state index in [1.54, 1.807) is 0 Å². The van der Waals surface area contributed by atoms with Crippen LogP contribution < -0.4 is 5.73 Å². The van der Waals surface area contributed by atoms with Gasteiger partial charge in [-0.1, -0.05) is 46.3 Å². The molecule has 0 fully saturated rings. The van der Waals surface area contributed by atoms with Gasteiger partial charge < -0.3 is 5.73 Å². The third-order valence-electron chi connectivity index (χ3n) is 2.92. The molecule has 0 amide bonds. The minimum absolute atomic E-state index is 0.326. The van der Waals surface area contributed by atoms with Crippen LogP contribution in [0.15, 0.2) is 69.3 Å². The molecule has 0 saturated heterocycles. The molecule has 1 heterocycles. The number of nitrogen functional groups attached to an aromatic ring is 1. The monoisotopic (exact) mass is 341 g/mol. The lowest BCUT2D eigenvalue weighted by Crippen LogP contribution is -1.83. The van der Waals surface area contributed by atoms with Crippen molar-refractivity contribution in [2.45, 2.75) is 0 Å². The van der Waals surface area contributed by atoms with E-state index in [0.717, 1.165) is 21.4 Å². The molecule has 21 heavy (non-hydrogen) atoms. The molecule has 3 N–H and O–H groups in total. The summed E-state index contributed by atoms with van der Waals surface area (Å²) in [6.07, 6.45) is 0. The molecule has 104 valence electrons. The van der Waals surface area contributed by atoms with Crippen LogP contribution in [-0.2, 0) is 0 Å². The maximum absolute atomic E-state index is 5.87. The Morgan fingerprint density at radius 1 is 0.952 bits per heavy atom. The van der Waals surface area contributed by atoms with E-state index >= 15 is 0 Å². The molecule has 0 bridgehead atoms. The zero-order valence-corrected chi connectivity index (χ0v) is 12.6. The van der Waals surface area contributed by atoms with Gasteiger partial charge in [0.25, 0.3) is 0 Å². The Labute approximate surface area is 130 Å². The van der Waals surface area contributed by atoms with Gasteiger partial charge in [-0.2, -0.15) is 10.2 Å². The molecule has 0 aliphatic rings. The van der Waals surface area contributed by atoms with E-state index in [1.807, 2.05) is 54.6 Å². The number of rotatable bonds is 3. The van der Waals surface area contributed by atoms with Crippen molar-refractivity contribution in [2.24, 2.45) is 10.2 Å². The minimum atomic E-state index is 0.326. The summed E-state index contributed by atoms with van der Waals surface area (Å²) >= 11 is 3.41. The van der Waals surface area contributed by atoms with E-state index in [2.05, 4.69) is 36.4 Å². The van der Waals surface area contributed by atoms with Gasteiger partial charge in [0.1, 0.15) is 0 Å². The molecule has 0 aliphatic carbocycles. The van der Waals surface area contributed by atoms with Crippen LogP contribution in [0.1, 0.15) is 0 Å². The van der Waals surface area contributed by atoms with E-state index in [1.165, 1.54) is 0 Å². The van der Waals surface area contributed by atoms with Gasteiger partial charge in [0.15, 0.2) is 11.5 Å². The fourth-order valence-corrected chi connectivity index (χ4v) is 2.14. The van der Waals surface area contributed by atoms with Crippen LogP contribution in [0.4, 0.5) is 17.2 Å². The normalized spacial score (nSPS) is 11.1. The predicted octanol–water partition coefficient (Wildman–Crippen LogP) is 4.84. The lowest BCUT2D eigenvalue weighted by Gasteiger charge is -1.99. The zero-order valence-electron chi connectivity index (χ0n) is 11.0. The molecule has 0 radical (unpaired) electrons. The number of hydrogen-bond donors (Lipinski definition) is 2. The Balaban J connectivity index is 1.98. The molecular weight excluding hydrogens is 330 g/mol. The maximum Gasteiger partial charge on any atom is 0.173 e. The number of azo groups is 1. The van der Waals surface area contributed by atoms with Gasteiger partial charge in [-0.15, -0.1) is 5.11 Å². The zero-order chi connectivity index (χ0) is 14.7. The quantitative estimate of drug-likeness (QED) is 0.668. The highest BCUT2D eigenvalue weighted by atomic mass is 79.9. The topological polar surface area (TPSA) is 79.4 Å². The Hall–Kier alpha value is -2.47. The average Bonchev–Trinajstić information content (AvgIpc) is 2.88. The summed E-state index contributed by atoms with van der Waals surface area (Å²) in [6.45, 7) is 0. The summed E-state index contributed by atoms with van der Waals surface area (Å²) in [7, 11) is 0. The van der Waals surface area contributed by atoms with Crippen LogP contribution >= 0.6 is 15.9 Å². The first-order valence-corrected chi connectivity index (χ1v) is 7.10. The van der Waals surface area contributed by atoms with Crippen molar-refractivity contribution in [3.05, 3.63) is 59.1 Å². The molecular formula is C15H12BrN5. The molecule has 0 spiro atoms. The fourth-order valence-electron chi connectivity index (χ4n) is 1.87. The summed E-state index contributed by atoms with van der Waals surface area (Å²) in [6, 6.07) is 17.3. The Bertz CT molecular complexity index is 763. The molecule has 3 aromatic rings. The number of H-pyrrole nitrogens is 1.